The van der Waals surface area contributed by atoms with E-state index in [1.54, 1.807) is 24.3 Å². The molecule has 3 N–H and O–H groups in total. The van der Waals surface area contributed by atoms with Crippen molar-refractivity contribution in [2.24, 2.45) is 5.92 Å². The molecule has 0 spiro atoms. The van der Waals surface area contributed by atoms with E-state index in [0.29, 0.717) is 18.0 Å². The summed E-state index contributed by atoms with van der Waals surface area (Å²) >= 11 is 0. The highest BCUT2D eigenvalue weighted by molar-refractivity contribution is 5.90. The molecule has 1 unspecified atom stereocenters. The molecule has 1 saturated heterocycles. The van der Waals surface area contributed by atoms with Gasteiger partial charge in [0.15, 0.2) is 0 Å². The predicted octanol–water partition coefficient (Wildman–Crippen LogP) is 2.11. The minimum Gasteiger partial charge on any atom is -0.508 e. The number of hydrogen-bond donors (Lipinski definition) is 3. The maximum absolute atomic E-state index is 11.8. The van der Waals surface area contributed by atoms with E-state index in [-0.39, 0.29) is 11.7 Å². The van der Waals surface area contributed by atoms with Crippen LogP contribution in [0.1, 0.15) is 25.7 Å². The second-order valence-corrected chi connectivity index (χ2v) is 4.85. The Morgan fingerprint density at radius 1 is 1.50 bits per heavy atom. The Bertz CT molecular complexity index is 401. The van der Waals surface area contributed by atoms with Crippen LogP contribution in [0.25, 0.3) is 0 Å². The van der Waals surface area contributed by atoms with Gasteiger partial charge >= 0.3 is 0 Å². The minimum atomic E-state index is 0.0196. The molecule has 0 aromatic heterocycles. The monoisotopic (exact) mass is 248 g/mol. The molecular weight excluding hydrogens is 228 g/mol. The molecule has 2 rings (SSSR count). The summed E-state index contributed by atoms with van der Waals surface area (Å²) in [5, 5.41) is 15.5. The molecular formula is C14H20N2O2. The molecule has 1 aliphatic rings. The van der Waals surface area contributed by atoms with Crippen molar-refractivity contribution < 1.29 is 9.90 Å². The van der Waals surface area contributed by atoms with Crippen LogP contribution in [0.4, 0.5) is 5.69 Å². The van der Waals surface area contributed by atoms with E-state index < -0.39 is 0 Å². The van der Waals surface area contributed by atoms with Crippen molar-refractivity contribution in [3.05, 3.63) is 24.3 Å². The van der Waals surface area contributed by atoms with Gasteiger partial charge in [0.05, 0.1) is 0 Å². The Kier molecular flexibility index (Phi) is 4.59. The Labute approximate surface area is 107 Å². The number of anilines is 1. The fraction of sp³-hybridized carbons (Fsp3) is 0.500. The number of phenols is 1. The summed E-state index contributed by atoms with van der Waals surface area (Å²) in [6, 6.07) is 6.64. The van der Waals surface area contributed by atoms with Gasteiger partial charge in [-0.1, -0.05) is 6.07 Å². The van der Waals surface area contributed by atoms with E-state index in [2.05, 4.69) is 10.6 Å². The summed E-state index contributed by atoms with van der Waals surface area (Å²) in [6.07, 6.45) is 3.89. The van der Waals surface area contributed by atoms with Gasteiger partial charge in [0, 0.05) is 18.2 Å². The first-order chi connectivity index (χ1) is 8.74. The molecule has 1 fully saturated rings. The molecule has 98 valence electrons. The van der Waals surface area contributed by atoms with Gasteiger partial charge in [-0.3, -0.25) is 4.79 Å². The van der Waals surface area contributed by atoms with Crippen molar-refractivity contribution in [1.29, 1.82) is 0 Å². The van der Waals surface area contributed by atoms with Gasteiger partial charge in [-0.25, -0.2) is 0 Å². The zero-order chi connectivity index (χ0) is 12.8. The maximum atomic E-state index is 11.8. The molecule has 1 aromatic carbocycles. The highest BCUT2D eigenvalue weighted by Crippen LogP contribution is 2.18. The second-order valence-electron chi connectivity index (χ2n) is 4.85. The van der Waals surface area contributed by atoms with E-state index in [1.807, 2.05) is 0 Å². The molecule has 4 nitrogen and oxygen atoms in total. The second kappa shape index (κ2) is 6.40. The summed E-state index contributed by atoms with van der Waals surface area (Å²) in [4.78, 5) is 11.8. The Balaban J connectivity index is 1.74. The van der Waals surface area contributed by atoms with Gasteiger partial charge in [-0.05, 0) is 50.4 Å². The third-order valence-electron chi connectivity index (χ3n) is 3.31. The van der Waals surface area contributed by atoms with Gasteiger partial charge in [0.1, 0.15) is 5.75 Å². The van der Waals surface area contributed by atoms with Crippen molar-refractivity contribution in [3.63, 3.8) is 0 Å². The van der Waals surface area contributed by atoms with Crippen LogP contribution in [0, 0.1) is 5.92 Å². The van der Waals surface area contributed by atoms with Crippen molar-refractivity contribution in [3.8, 4) is 5.75 Å². The van der Waals surface area contributed by atoms with E-state index >= 15 is 0 Å². The minimum absolute atomic E-state index is 0.0196. The van der Waals surface area contributed by atoms with Crippen LogP contribution in [0.2, 0.25) is 0 Å². The van der Waals surface area contributed by atoms with Crippen LogP contribution in [0.3, 0.4) is 0 Å². The van der Waals surface area contributed by atoms with E-state index in [1.165, 1.54) is 12.8 Å². The van der Waals surface area contributed by atoms with Crippen molar-refractivity contribution in [1.82, 2.24) is 5.32 Å². The van der Waals surface area contributed by atoms with Gasteiger partial charge in [-0.2, -0.15) is 0 Å². The van der Waals surface area contributed by atoms with Crippen molar-refractivity contribution in [2.45, 2.75) is 25.7 Å². The lowest BCUT2D eigenvalue weighted by Gasteiger charge is -2.22. The largest absolute Gasteiger partial charge is 0.508 e. The first kappa shape index (κ1) is 12.9. The zero-order valence-electron chi connectivity index (χ0n) is 10.5. The van der Waals surface area contributed by atoms with Crippen molar-refractivity contribution >= 4 is 11.6 Å². The van der Waals surface area contributed by atoms with Gasteiger partial charge in [-0.15, -0.1) is 0 Å². The zero-order valence-corrected chi connectivity index (χ0v) is 10.5. The number of rotatable bonds is 4. The van der Waals surface area contributed by atoms with Crippen LogP contribution >= 0.6 is 0 Å². The fourth-order valence-electron chi connectivity index (χ4n) is 2.31. The summed E-state index contributed by atoms with van der Waals surface area (Å²) in [7, 11) is 0. The summed E-state index contributed by atoms with van der Waals surface area (Å²) in [6.45, 7) is 2.13. The molecule has 1 aliphatic heterocycles. The first-order valence-electron chi connectivity index (χ1n) is 6.53. The van der Waals surface area contributed by atoms with Crippen LogP contribution in [0.5, 0.6) is 5.75 Å². The number of amides is 1. The lowest BCUT2D eigenvalue weighted by molar-refractivity contribution is -0.116. The lowest BCUT2D eigenvalue weighted by atomic mass is 9.94. The van der Waals surface area contributed by atoms with Gasteiger partial charge in [0.25, 0.3) is 0 Å². The lowest BCUT2D eigenvalue weighted by Crippen LogP contribution is -2.30. The number of nitrogens with one attached hydrogen (secondary N) is 2. The third-order valence-corrected chi connectivity index (χ3v) is 3.31. The number of aromatic hydroxyl groups is 1. The Morgan fingerprint density at radius 2 is 2.39 bits per heavy atom. The van der Waals surface area contributed by atoms with E-state index in [9.17, 15) is 9.90 Å². The van der Waals surface area contributed by atoms with Gasteiger partial charge < -0.3 is 15.7 Å². The summed E-state index contributed by atoms with van der Waals surface area (Å²) < 4.78 is 0. The number of hydrogen-bond acceptors (Lipinski definition) is 3. The highest BCUT2D eigenvalue weighted by atomic mass is 16.3. The van der Waals surface area contributed by atoms with Crippen LogP contribution in [0.15, 0.2) is 24.3 Å². The molecule has 1 atom stereocenters. The molecule has 0 bridgehead atoms. The smallest absolute Gasteiger partial charge is 0.224 e. The molecule has 1 heterocycles. The van der Waals surface area contributed by atoms with E-state index in [4.69, 9.17) is 0 Å². The molecule has 0 aliphatic carbocycles. The number of carbonyl (C=O) groups excluding carboxylic acids is 1. The number of piperidine rings is 1. The average Bonchev–Trinajstić information content (AvgIpc) is 2.38. The topological polar surface area (TPSA) is 61.4 Å². The van der Waals surface area contributed by atoms with Crippen LogP contribution in [-0.4, -0.2) is 24.1 Å². The predicted molar refractivity (Wildman–Crippen MR) is 71.6 cm³/mol. The highest BCUT2D eigenvalue weighted by Gasteiger charge is 2.14. The van der Waals surface area contributed by atoms with Crippen LogP contribution < -0.4 is 10.6 Å². The Morgan fingerprint density at radius 3 is 3.11 bits per heavy atom. The maximum Gasteiger partial charge on any atom is 0.224 e. The molecule has 0 radical (unpaired) electrons. The Hall–Kier alpha value is -1.55. The number of benzene rings is 1. The standard InChI is InChI=1S/C14H20N2O2/c17-13-5-1-4-12(9-13)16-14(18)7-6-11-3-2-8-15-10-11/h1,4-5,9,11,15,17H,2-3,6-8,10H2,(H,16,18). The normalized spacial score (nSPS) is 19.4. The molecule has 0 saturated carbocycles. The van der Waals surface area contributed by atoms with Gasteiger partial charge in [0.2, 0.25) is 5.91 Å². The SMILES string of the molecule is O=C(CCC1CCCNC1)Nc1cccc(O)c1. The summed E-state index contributed by atoms with van der Waals surface area (Å²) in [5.41, 5.74) is 0.654. The average molecular weight is 248 g/mol. The molecule has 4 heteroatoms. The third kappa shape index (κ3) is 4.04. The summed E-state index contributed by atoms with van der Waals surface area (Å²) in [5.74, 6) is 0.809. The van der Waals surface area contributed by atoms with E-state index in [0.717, 1.165) is 19.5 Å². The van der Waals surface area contributed by atoms with Crippen LogP contribution in [-0.2, 0) is 4.79 Å². The molecule has 18 heavy (non-hydrogen) atoms. The van der Waals surface area contributed by atoms with Crippen molar-refractivity contribution in [2.75, 3.05) is 18.4 Å². The fourth-order valence-corrected chi connectivity index (χ4v) is 2.31. The molecule has 1 aromatic rings. The first-order valence-corrected chi connectivity index (χ1v) is 6.53. The number of carbonyl (C=O) groups is 1. The molecule has 1 amide bonds. The number of phenolic OH excluding ortho intramolecular Hbond substituents is 1. The quantitative estimate of drug-likeness (QED) is 0.764.